The molecule has 5 nitrogen and oxygen atoms in total. The van der Waals surface area contributed by atoms with Gasteiger partial charge in [0.2, 0.25) is 0 Å². The normalized spacial score (nSPS) is 10.8. The van der Waals surface area contributed by atoms with Gasteiger partial charge in [0, 0.05) is 0 Å². The van der Waals surface area contributed by atoms with Gasteiger partial charge in [0.1, 0.15) is 6.54 Å². The SMILES string of the molecule is C#CCN(CC(=O)O)c1ccccc1S(=O)(=O)CCC. The molecule has 0 saturated carbocycles. The maximum Gasteiger partial charge on any atom is 0.323 e. The lowest BCUT2D eigenvalue weighted by Gasteiger charge is -2.23. The number of hydrogen-bond acceptors (Lipinski definition) is 4. The number of benzene rings is 1. The van der Waals surface area contributed by atoms with Gasteiger partial charge in [-0.1, -0.05) is 25.0 Å². The van der Waals surface area contributed by atoms with E-state index in [0.29, 0.717) is 12.1 Å². The van der Waals surface area contributed by atoms with Gasteiger partial charge in [-0.15, -0.1) is 6.42 Å². The molecule has 0 aliphatic carbocycles. The highest BCUT2D eigenvalue weighted by Crippen LogP contribution is 2.26. The van der Waals surface area contributed by atoms with Crippen LogP contribution in [0.2, 0.25) is 0 Å². The Kier molecular flexibility index (Phi) is 5.59. The first-order chi connectivity index (χ1) is 9.42. The van der Waals surface area contributed by atoms with Crippen LogP contribution in [0.3, 0.4) is 0 Å². The molecular formula is C14H17NO4S. The minimum Gasteiger partial charge on any atom is -0.480 e. The number of rotatable bonds is 7. The molecule has 0 spiro atoms. The van der Waals surface area contributed by atoms with Crippen LogP contribution >= 0.6 is 0 Å². The van der Waals surface area contributed by atoms with Crippen molar-refractivity contribution in [3.05, 3.63) is 24.3 Å². The van der Waals surface area contributed by atoms with Crippen LogP contribution in [0.4, 0.5) is 5.69 Å². The smallest absolute Gasteiger partial charge is 0.323 e. The molecule has 0 bridgehead atoms. The summed E-state index contributed by atoms with van der Waals surface area (Å²) in [5, 5.41) is 8.91. The summed E-state index contributed by atoms with van der Waals surface area (Å²) in [6.07, 6.45) is 5.72. The Balaban J connectivity index is 3.30. The van der Waals surface area contributed by atoms with Gasteiger partial charge in [-0.3, -0.25) is 4.79 Å². The van der Waals surface area contributed by atoms with Crippen molar-refractivity contribution in [1.29, 1.82) is 0 Å². The molecule has 20 heavy (non-hydrogen) atoms. The molecule has 1 N–H and O–H groups in total. The molecule has 0 unspecified atom stereocenters. The molecule has 1 aromatic carbocycles. The van der Waals surface area contributed by atoms with E-state index in [0.717, 1.165) is 0 Å². The standard InChI is InChI=1S/C14H17NO4S/c1-3-9-15(11-14(16)17)12-7-5-6-8-13(12)20(18,19)10-4-2/h1,5-8H,4,9-11H2,2H3,(H,16,17). The highest BCUT2D eigenvalue weighted by Gasteiger charge is 2.21. The Hall–Kier alpha value is -2.00. The molecule has 0 radical (unpaired) electrons. The summed E-state index contributed by atoms with van der Waals surface area (Å²) >= 11 is 0. The minimum atomic E-state index is -3.44. The van der Waals surface area contributed by atoms with Gasteiger partial charge < -0.3 is 10.0 Å². The quantitative estimate of drug-likeness (QED) is 0.770. The number of nitrogens with zero attached hydrogens (tertiary/aromatic N) is 1. The first-order valence-electron chi connectivity index (χ1n) is 6.14. The Bertz CT molecular complexity index is 616. The van der Waals surface area contributed by atoms with Crippen LogP contribution in [-0.2, 0) is 14.6 Å². The largest absolute Gasteiger partial charge is 0.480 e. The van der Waals surface area contributed by atoms with E-state index in [2.05, 4.69) is 5.92 Å². The zero-order valence-electron chi connectivity index (χ0n) is 11.2. The number of sulfone groups is 1. The van der Waals surface area contributed by atoms with Crippen molar-refractivity contribution >= 4 is 21.5 Å². The highest BCUT2D eigenvalue weighted by atomic mass is 32.2. The van der Waals surface area contributed by atoms with Gasteiger partial charge >= 0.3 is 5.97 Å². The molecule has 0 aliphatic heterocycles. The summed E-state index contributed by atoms with van der Waals surface area (Å²) in [6, 6.07) is 6.32. The Morgan fingerprint density at radius 1 is 1.40 bits per heavy atom. The van der Waals surface area contributed by atoms with Crippen molar-refractivity contribution in [2.45, 2.75) is 18.2 Å². The fourth-order valence-corrected chi connectivity index (χ4v) is 3.42. The van der Waals surface area contributed by atoms with Crippen molar-refractivity contribution in [1.82, 2.24) is 0 Å². The van der Waals surface area contributed by atoms with Crippen molar-refractivity contribution in [3.63, 3.8) is 0 Å². The Labute approximate surface area is 119 Å². The van der Waals surface area contributed by atoms with E-state index in [4.69, 9.17) is 11.5 Å². The summed E-state index contributed by atoms with van der Waals surface area (Å²) in [7, 11) is -3.44. The molecule has 0 fully saturated rings. The number of aliphatic carboxylic acids is 1. The number of para-hydroxylation sites is 1. The second-order valence-electron chi connectivity index (χ2n) is 4.24. The molecule has 0 aromatic heterocycles. The number of carboxylic acid groups (broad SMARTS) is 1. The van der Waals surface area contributed by atoms with Crippen molar-refractivity contribution in [2.75, 3.05) is 23.7 Å². The maximum atomic E-state index is 12.2. The van der Waals surface area contributed by atoms with Crippen molar-refractivity contribution < 1.29 is 18.3 Å². The van der Waals surface area contributed by atoms with Crippen LogP contribution in [0.5, 0.6) is 0 Å². The van der Waals surface area contributed by atoms with Crippen LogP contribution in [0.1, 0.15) is 13.3 Å². The lowest BCUT2D eigenvalue weighted by Crippen LogP contribution is -2.31. The zero-order valence-corrected chi connectivity index (χ0v) is 12.1. The van der Waals surface area contributed by atoms with E-state index in [1.54, 1.807) is 25.1 Å². The van der Waals surface area contributed by atoms with Gasteiger partial charge in [0.15, 0.2) is 9.84 Å². The van der Waals surface area contributed by atoms with Crippen molar-refractivity contribution in [2.24, 2.45) is 0 Å². The predicted octanol–water partition coefficient (Wildman–Crippen LogP) is 1.39. The van der Waals surface area contributed by atoms with Gasteiger partial charge in [0.25, 0.3) is 0 Å². The first-order valence-corrected chi connectivity index (χ1v) is 7.79. The predicted molar refractivity (Wildman–Crippen MR) is 77.5 cm³/mol. The zero-order chi connectivity index (χ0) is 15.2. The van der Waals surface area contributed by atoms with Crippen molar-refractivity contribution in [3.8, 4) is 12.3 Å². The average molecular weight is 295 g/mol. The maximum absolute atomic E-state index is 12.2. The first kappa shape index (κ1) is 16.1. The van der Waals surface area contributed by atoms with Gasteiger partial charge in [-0.25, -0.2) is 8.42 Å². The lowest BCUT2D eigenvalue weighted by molar-refractivity contribution is -0.135. The summed E-state index contributed by atoms with van der Waals surface area (Å²) in [5.41, 5.74) is 0.335. The summed E-state index contributed by atoms with van der Waals surface area (Å²) in [5.74, 6) is 1.30. The Morgan fingerprint density at radius 2 is 2.05 bits per heavy atom. The van der Waals surface area contributed by atoms with Crippen LogP contribution in [-0.4, -0.2) is 38.3 Å². The number of carbonyl (C=O) groups is 1. The number of hydrogen-bond donors (Lipinski definition) is 1. The monoisotopic (exact) mass is 295 g/mol. The fourth-order valence-electron chi connectivity index (χ4n) is 1.86. The second-order valence-corrected chi connectivity index (χ2v) is 6.32. The van der Waals surface area contributed by atoms with E-state index in [1.807, 2.05) is 0 Å². The molecule has 108 valence electrons. The van der Waals surface area contributed by atoms with Crippen LogP contribution in [0.25, 0.3) is 0 Å². The van der Waals surface area contributed by atoms with E-state index in [9.17, 15) is 13.2 Å². The molecule has 1 rings (SSSR count). The van der Waals surface area contributed by atoms with E-state index in [1.165, 1.54) is 11.0 Å². The summed E-state index contributed by atoms with van der Waals surface area (Å²) in [6.45, 7) is 1.46. The number of terminal acetylenes is 1. The van der Waals surface area contributed by atoms with E-state index in [-0.39, 0.29) is 23.7 Å². The minimum absolute atomic E-state index is 0.0149. The lowest BCUT2D eigenvalue weighted by atomic mass is 10.3. The molecule has 0 atom stereocenters. The van der Waals surface area contributed by atoms with Crippen LogP contribution in [0.15, 0.2) is 29.2 Å². The van der Waals surface area contributed by atoms with Crippen LogP contribution in [0, 0.1) is 12.3 Å². The van der Waals surface area contributed by atoms with Gasteiger partial charge in [-0.05, 0) is 18.6 Å². The Morgan fingerprint density at radius 3 is 2.60 bits per heavy atom. The molecule has 0 heterocycles. The molecule has 0 aliphatic rings. The molecule has 0 saturated heterocycles. The summed E-state index contributed by atoms with van der Waals surface area (Å²) < 4.78 is 24.4. The topological polar surface area (TPSA) is 74.7 Å². The van der Waals surface area contributed by atoms with Crippen LogP contribution < -0.4 is 4.90 Å². The molecule has 0 amide bonds. The fraction of sp³-hybridized carbons (Fsp3) is 0.357. The third-order valence-electron chi connectivity index (χ3n) is 2.62. The number of anilines is 1. The van der Waals surface area contributed by atoms with Gasteiger partial charge in [-0.2, -0.15) is 0 Å². The highest BCUT2D eigenvalue weighted by molar-refractivity contribution is 7.91. The van der Waals surface area contributed by atoms with Gasteiger partial charge in [0.05, 0.1) is 22.9 Å². The van der Waals surface area contributed by atoms with E-state index >= 15 is 0 Å². The number of carboxylic acids is 1. The molecule has 6 heteroatoms. The molecular weight excluding hydrogens is 278 g/mol. The molecule has 1 aromatic rings. The average Bonchev–Trinajstić information content (AvgIpc) is 2.38. The van der Waals surface area contributed by atoms with E-state index < -0.39 is 15.8 Å². The summed E-state index contributed by atoms with van der Waals surface area (Å²) in [4.78, 5) is 12.4. The third-order valence-corrected chi connectivity index (χ3v) is 4.58. The second kappa shape index (κ2) is 6.96. The third kappa shape index (κ3) is 4.00.